The standard InChI is InChI=1S/C16H30N2OS/c1-6-13(3)18(8-9-19-5)12-15-10-16(11-17-7-2)20-14(15)4/h10,13,17H,6-9,11-12H2,1-5H3. The van der Waals surface area contributed by atoms with Gasteiger partial charge in [0, 0.05) is 42.5 Å². The molecular formula is C16H30N2OS. The quantitative estimate of drug-likeness (QED) is 0.716. The molecule has 20 heavy (non-hydrogen) atoms. The maximum Gasteiger partial charge on any atom is 0.0589 e. The summed E-state index contributed by atoms with van der Waals surface area (Å²) < 4.78 is 5.24. The van der Waals surface area contributed by atoms with Gasteiger partial charge in [-0.05, 0) is 38.4 Å². The van der Waals surface area contributed by atoms with E-state index in [2.05, 4.69) is 44.0 Å². The zero-order valence-electron chi connectivity index (χ0n) is 13.7. The Morgan fingerprint density at radius 3 is 2.75 bits per heavy atom. The number of hydrogen-bond acceptors (Lipinski definition) is 4. The minimum absolute atomic E-state index is 0.599. The van der Waals surface area contributed by atoms with Crippen LogP contribution in [0, 0.1) is 6.92 Å². The molecule has 0 amide bonds. The first-order valence-corrected chi connectivity index (χ1v) is 8.45. The predicted molar refractivity (Wildman–Crippen MR) is 88.5 cm³/mol. The van der Waals surface area contributed by atoms with E-state index < -0.39 is 0 Å². The zero-order chi connectivity index (χ0) is 15.0. The van der Waals surface area contributed by atoms with Gasteiger partial charge in [0.25, 0.3) is 0 Å². The lowest BCUT2D eigenvalue weighted by Gasteiger charge is -2.28. The predicted octanol–water partition coefficient (Wildman–Crippen LogP) is 3.41. The van der Waals surface area contributed by atoms with E-state index in [1.165, 1.54) is 21.7 Å². The number of methoxy groups -OCH3 is 1. The summed E-state index contributed by atoms with van der Waals surface area (Å²) in [5, 5.41) is 3.40. The van der Waals surface area contributed by atoms with Crippen molar-refractivity contribution in [3.8, 4) is 0 Å². The molecule has 0 aliphatic heterocycles. The molecule has 1 atom stereocenters. The van der Waals surface area contributed by atoms with Crippen LogP contribution in [-0.4, -0.2) is 37.7 Å². The van der Waals surface area contributed by atoms with E-state index in [1.54, 1.807) is 7.11 Å². The van der Waals surface area contributed by atoms with Crippen molar-refractivity contribution >= 4 is 11.3 Å². The normalized spacial score (nSPS) is 13.1. The van der Waals surface area contributed by atoms with E-state index in [0.717, 1.165) is 32.8 Å². The molecule has 0 spiro atoms. The molecule has 0 saturated carbocycles. The van der Waals surface area contributed by atoms with Gasteiger partial charge in [-0.1, -0.05) is 13.8 Å². The summed E-state index contributed by atoms with van der Waals surface area (Å²) in [5.41, 5.74) is 1.47. The minimum atomic E-state index is 0.599. The lowest BCUT2D eigenvalue weighted by molar-refractivity contribution is 0.118. The lowest BCUT2D eigenvalue weighted by atomic mass is 10.1. The lowest BCUT2D eigenvalue weighted by Crippen LogP contribution is -2.34. The molecule has 1 heterocycles. The van der Waals surface area contributed by atoms with Crippen LogP contribution in [0.15, 0.2) is 6.07 Å². The van der Waals surface area contributed by atoms with Crippen LogP contribution in [-0.2, 0) is 17.8 Å². The van der Waals surface area contributed by atoms with Gasteiger partial charge < -0.3 is 10.1 Å². The van der Waals surface area contributed by atoms with Gasteiger partial charge in [0.2, 0.25) is 0 Å². The number of aryl methyl sites for hydroxylation is 1. The van der Waals surface area contributed by atoms with Crippen LogP contribution in [0.1, 0.15) is 42.5 Å². The van der Waals surface area contributed by atoms with Crippen molar-refractivity contribution in [2.75, 3.05) is 26.8 Å². The Balaban J connectivity index is 2.69. The fourth-order valence-electron chi connectivity index (χ4n) is 2.22. The smallest absolute Gasteiger partial charge is 0.0589 e. The third-order valence-corrected chi connectivity index (χ3v) is 4.88. The Kier molecular flexibility index (Phi) is 8.38. The summed E-state index contributed by atoms with van der Waals surface area (Å²) >= 11 is 1.92. The molecule has 1 rings (SSSR count). The molecule has 3 nitrogen and oxygen atoms in total. The van der Waals surface area contributed by atoms with Gasteiger partial charge >= 0.3 is 0 Å². The summed E-state index contributed by atoms with van der Waals surface area (Å²) in [6.45, 7) is 13.8. The highest BCUT2D eigenvalue weighted by atomic mass is 32.1. The molecule has 1 aromatic rings. The Morgan fingerprint density at radius 1 is 1.40 bits per heavy atom. The van der Waals surface area contributed by atoms with Gasteiger partial charge in [-0.25, -0.2) is 0 Å². The molecular weight excluding hydrogens is 268 g/mol. The van der Waals surface area contributed by atoms with Crippen LogP contribution < -0.4 is 5.32 Å². The largest absolute Gasteiger partial charge is 0.383 e. The molecule has 0 aliphatic rings. The molecule has 1 aromatic heterocycles. The summed E-state index contributed by atoms with van der Waals surface area (Å²) in [7, 11) is 1.78. The van der Waals surface area contributed by atoms with Crippen molar-refractivity contribution in [1.29, 1.82) is 0 Å². The number of nitrogens with zero attached hydrogens (tertiary/aromatic N) is 1. The average Bonchev–Trinajstić information content (AvgIpc) is 2.80. The zero-order valence-corrected chi connectivity index (χ0v) is 14.5. The molecule has 4 heteroatoms. The van der Waals surface area contributed by atoms with Gasteiger partial charge in [-0.2, -0.15) is 0 Å². The van der Waals surface area contributed by atoms with E-state index in [1.807, 2.05) is 11.3 Å². The second-order valence-electron chi connectivity index (χ2n) is 5.30. The Labute approximate surface area is 128 Å². The maximum absolute atomic E-state index is 5.24. The topological polar surface area (TPSA) is 24.5 Å². The number of ether oxygens (including phenoxy) is 1. The SMILES string of the molecule is CCNCc1cc(CN(CCOC)C(C)CC)c(C)s1. The molecule has 1 N–H and O–H groups in total. The van der Waals surface area contributed by atoms with Gasteiger partial charge in [-0.15, -0.1) is 11.3 Å². The number of rotatable bonds is 10. The molecule has 116 valence electrons. The van der Waals surface area contributed by atoms with Gasteiger partial charge in [0.15, 0.2) is 0 Å². The van der Waals surface area contributed by atoms with Crippen molar-refractivity contribution < 1.29 is 4.74 Å². The van der Waals surface area contributed by atoms with E-state index in [0.29, 0.717) is 6.04 Å². The monoisotopic (exact) mass is 298 g/mol. The number of hydrogen-bond donors (Lipinski definition) is 1. The molecule has 1 unspecified atom stereocenters. The minimum Gasteiger partial charge on any atom is -0.383 e. The van der Waals surface area contributed by atoms with Gasteiger partial charge in [0.05, 0.1) is 6.61 Å². The van der Waals surface area contributed by atoms with Crippen molar-refractivity contribution in [3.63, 3.8) is 0 Å². The first-order valence-electron chi connectivity index (χ1n) is 7.64. The van der Waals surface area contributed by atoms with E-state index >= 15 is 0 Å². The maximum atomic E-state index is 5.24. The molecule has 0 radical (unpaired) electrons. The summed E-state index contributed by atoms with van der Waals surface area (Å²) in [5.74, 6) is 0. The highest BCUT2D eigenvalue weighted by Gasteiger charge is 2.15. The number of thiophene rings is 1. The van der Waals surface area contributed by atoms with Crippen molar-refractivity contribution in [1.82, 2.24) is 10.2 Å². The van der Waals surface area contributed by atoms with Crippen LogP contribution in [0.4, 0.5) is 0 Å². The molecule has 0 aromatic carbocycles. The van der Waals surface area contributed by atoms with Crippen molar-refractivity contribution in [2.45, 2.75) is 53.2 Å². The van der Waals surface area contributed by atoms with Crippen LogP contribution >= 0.6 is 11.3 Å². The second kappa shape index (κ2) is 9.50. The van der Waals surface area contributed by atoms with E-state index in [9.17, 15) is 0 Å². The highest BCUT2D eigenvalue weighted by Crippen LogP contribution is 2.24. The van der Waals surface area contributed by atoms with Crippen LogP contribution in [0.2, 0.25) is 0 Å². The summed E-state index contributed by atoms with van der Waals surface area (Å²) in [6, 6.07) is 2.96. The van der Waals surface area contributed by atoms with Crippen LogP contribution in [0.3, 0.4) is 0 Å². The fourth-order valence-corrected chi connectivity index (χ4v) is 3.24. The fraction of sp³-hybridized carbons (Fsp3) is 0.750. The Morgan fingerprint density at radius 2 is 2.15 bits per heavy atom. The van der Waals surface area contributed by atoms with Gasteiger partial charge in [0.1, 0.15) is 0 Å². The Hall–Kier alpha value is -0.420. The number of nitrogens with one attached hydrogen (secondary N) is 1. The van der Waals surface area contributed by atoms with Gasteiger partial charge in [-0.3, -0.25) is 4.90 Å². The third-order valence-electron chi connectivity index (χ3n) is 3.79. The van der Waals surface area contributed by atoms with Crippen molar-refractivity contribution in [2.24, 2.45) is 0 Å². The molecule has 0 aliphatic carbocycles. The Bertz CT molecular complexity index is 379. The first kappa shape index (κ1) is 17.6. The summed E-state index contributed by atoms with van der Waals surface area (Å²) in [4.78, 5) is 5.41. The van der Waals surface area contributed by atoms with E-state index in [4.69, 9.17) is 4.74 Å². The second-order valence-corrected chi connectivity index (χ2v) is 6.64. The molecule has 0 saturated heterocycles. The van der Waals surface area contributed by atoms with Crippen LogP contribution in [0.25, 0.3) is 0 Å². The average molecular weight is 298 g/mol. The third kappa shape index (κ3) is 5.52. The molecule has 0 fully saturated rings. The molecule has 0 bridgehead atoms. The van der Waals surface area contributed by atoms with Crippen molar-refractivity contribution in [3.05, 3.63) is 21.4 Å². The van der Waals surface area contributed by atoms with E-state index in [-0.39, 0.29) is 0 Å². The highest BCUT2D eigenvalue weighted by molar-refractivity contribution is 7.12. The summed E-state index contributed by atoms with van der Waals surface area (Å²) in [6.07, 6.45) is 1.18. The first-order chi connectivity index (χ1) is 9.62. The van der Waals surface area contributed by atoms with Crippen LogP contribution in [0.5, 0.6) is 0 Å².